The van der Waals surface area contributed by atoms with Crippen LogP contribution in [0.2, 0.25) is 5.02 Å². The van der Waals surface area contributed by atoms with Crippen molar-refractivity contribution in [2.75, 3.05) is 10.6 Å². The summed E-state index contributed by atoms with van der Waals surface area (Å²) in [4.78, 5) is 8.27. The maximum Gasteiger partial charge on any atom is 0.229 e. The van der Waals surface area contributed by atoms with Gasteiger partial charge in [-0.15, -0.1) is 0 Å². The van der Waals surface area contributed by atoms with E-state index in [2.05, 4.69) is 20.6 Å². The number of aromatic nitrogens is 2. The van der Waals surface area contributed by atoms with E-state index in [0.29, 0.717) is 5.69 Å². The lowest BCUT2D eigenvalue weighted by Gasteiger charge is -2.15. The Morgan fingerprint density at radius 1 is 1.03 bits per heavy atom. The molecule has 10 heteroatoms. The van der Waals surface area contributed by atoms with E-state index in [9.17, 15) is 17.2 Å². The van der Waals surface area contributed by atoms with Crippen molar-refractivity contribution < 1.29 is 17.2 Å². The molecule has 0 aliphatic heterocycles. The zero-order chi connectivity index (χ0) is 21.2. The molecule has 0 atom stereocenters. The summed E-state index contributed by atoms with van der Waals surface area (Å²) < 4.78 is 52.0. The minimum atomic E-state index is -3.56. The Kier molecular flexibility index (Phi) is 5.99. The fourth-order valence-electron chi connectivity index (χ4n) is 2.47. The summed E-state index contributed by atoms with van der Waals surface area (Å²) in [5, 5.41) is 5.10. The summed E-state index contributed by atoms with van der Waals surface area (Å²) in [5.74, 6) is -1.36. The zero-order valence-corrected chi connectivity index (χ0v) is 17.0. The molecule has 0 bridgehead atoms. The number of nitrogens with zero attached hydrogens (tertiary/aromatic N) is 2. The first kappa shape index (κ1) is 20.9. The normalized spacial score (nSPS) is 11.5. The molecule has 0 amide bonds. The molecule has 3 aromatic rings. The number of halogens is 3. The van der Waals surface area contributed by atoms with Gasteiger partial charge in [-0.05, 0) is 38.1 Å². The van der Waals surface area contributed by atoms with Crippen molar-refractivity contribution in [2.24, 2.45) is 0 Å². The summed E-state index contributed by atoms with van der Waals surface area (Å²) in [6.45, 7) is 3.17. The third kappa shape index (κ3) is 4.80. The van der Waals surface area contributed by atoms with Gasteiger partial charge in [-0.3, -0.25) is 0 Å². The van der Waals surface area contributed by atoms with E-state index in [4.69, 9.17) is 11.6 Å². The fourth-order valence-corrected chi connectivity index (χ4v) is 3.81. The van der Waals surface area contributed by atoms with Gasteiger partial charge in [0.25, 0.3) is 0 Å². The first-order chi connectivity index (χ1) is 13.7. The summed E-state index contributed by atoms with van der Waals surface area (Å²) in [6, 6.07) is 9.27. The molecule has 1 aromatic heterocycles. The van der Waals surface area contributed by atoms with Gasteiger partial charge in [0.15, 0.2) is 15.7 Å². The van der Waals surface area contributed by atoms with Gasteiger partial charge >= 0.3 is 0 Å². The first-order valence-corrected chi connectivity index (χ1v) is 10.4. The third-order valence-corrected chi connectivity index (χ3v) is 6.42. The smallest absolute Gasteiger partial charge is 0.229 e. The number of hydrogen-bond acceptors (Lipinski definition) is 6. The van der Waals surface area contributed by atoms with Crippen LogP contribution in [0.3, 0.4) is 0 Å². The molecular formula is C19H17ClF2N4O2S. The molecule has 152 valence electrons. The van der Waals surface area contributed by atoms with Crippen molar-refractivity contribution >= 4 is 44.6 Å². The van der Waals surface area contributed by atoms with Crippen molar-refractivity contribution in [3.8, 4) is 0 Å². The van der Waals surface area contributed by atoms with Gasteiger partial charge in [0.1, 0.15) is 16.7 Å². The molecule has 29 heavy (non-hydrogen) atoms. The van der Waals surface area contributed by atoms with E-state index in [-0.39, 0.29) is 27.4 Å². The van der Waals surface area contributed by atoms with E-state index in [1.54, 1.807) is 32.0 Å². The number of hydrogen-bond donors (Lipinski definition) is 2. The quantitative estimate of drug-likeness (QED) is 0.558. The molecule has 3 rings (SSSR count). The van der Waals surface area contributed by atoms with Gasteiger partial charge in [0.2, 0.25) is 5.95 Å². The van der Waals surface area contributed by atoms with Crippen LogP contribution in [0.15, 0.2) is 53.6 Å². The predicted molar refractivity (Wildman–Crippen MR) is 109 cm³/mol. The molecule has 0 fully saturated rings. The van der Waals surface area contributed by atoms with Crippen LogP contribution in [0.4, 0.5) is 31.9 Å². The Morgan fingerprint density at radius 2 is 1.69 bits per heavy atom. The standard InChI is InChI=1S/C19H17ClF2N4O2S/c1-11(2)29(27,28)17-6-4-3-5-16(17)25-18-15(20)10-23-19(26-18)24-14-8-12(21)7-13(22)9-14/h3-11H,1-2H3,(H2,23,24,25,26). The maximum atomic E-state index is 13.4. The molecule has 0 radical (unpaired) electrons. The topological polar surface area (TPSA) is 84.0 Å². The Bertz CT molecular complexity index is 1140. The predicted octanol–water partition coefficient (Wildman–Crippen LogP) is 5.08. The van der Waals surface area contributed by atoms with Crippen molar-refractivity contribution in [3.05, 3.63) is 65.3 Å². The maximum absolute atomic E-state index is 13.4. The second kappa shape index (κ2) is 8.30. The molecule has 0 saturated carbocycles. The van der Waals surface area contributed by atoms with Crippen LogP contribution in [0, 0.1) is 11.6 Å². The third-order valence-electron chi connectivity index (χ3n) is 3.93. The summed E-state index contributed by atoms with van der Waals surface area (Å²) in [6.07, 6.45) is 1.29. The molecule has 0 saturated heterocycles. The minimum absolute atomic E-state index is 0.0195. The van der Waals surface area contributed by atoms with Crippen molar-refractivity contribution in [1.29, 1.82) is 0 Å². The second-order valence-electron chi connectivity index (χ2n) is 6.39. The van der Waals surface area contributed by atoms with E-state index >= 15 is 0 Å². The van der Waals surface area contributed by atoms with Gasteiger partial charge in [-0.25, -0.2) is 22.2 Å². The summed E-state index contributed by atoms with van der Waals surface area (Å²) >= 11 is 6.14. The monoisotopic (exact) mass is 438 g/mol. The molecule has 6 nitrogen and oxygen atoms in total. The minimum Gasteiger partial charge on any atom is -0.338 e. The Labute approximate surface area is 171 Å². The van der Waals surface area contributed by atoms with E-state index in [0.717, 1.165) is 18.2 Å². The molecule has 1 heterocycles. The van der Waals surface area contributed by atoms with Gasteiger partial charge in [0, 0.05) is 11.8 Å². The van der Waals surface area contributed by atoms with Crippen LogP contribution < -0.4 is 10.6 Å². The summed E-state index contributed by atoms with van der Waals surface area (Å²) in [5.41, 5.74) is 0.406. The number of sulfone groups is 1. The molecule has 0 spiro atoms. The number of anilines is 4. The average molecular weight is 439 g/mol. The van der Waals surface area contributed by atoms with E-state index in [1.807, 2.05) is 0 Å². The Hall–Kier alpha value is -2.78. The molecule has 0 unspecified atom stereocenters. The van der Waals surface area contributed by atoms with Crippen LogP contribution >= 0.6 is 11.6 Å². The van der Waals surface area contributed by atoms with Crippen molar-refractivity contribution in [3.63, 3.8) is 0 Å². The van der Waals surface area contributed by atoms with Gasteiger partial charge in [-0.1, -0.05) is 23.7 Å². The first-order valence-electron chi connectivity index (χ1n) is 8.52. The molecule has 0 aliphatic carbocycles. The highest BCUT2D eigenvalue weighted by atomic mass is 35.5. The lowest BCUT2D eigenvalue weighted by Crippen LogP contribution is -2.15. The second-order valence-corrected chi connectivity index (χ2v) is 9.27. The largest absolute Gasteiger partial charge is 0.338 e. The molecule has 0 aliphatic rings. The highest BCUT2D eigenvalue weighted by Crippen LogP contribution is 2.30. The SMILES string of the molecule is CC(C)S(=O)(=O)c1ccccc1Nc1nc(Nc2cc(F)cc(F)c2)ncc1Cl. The Balaban J connectivity index is 1.94. The van der Waals surface area contributed by atoms with E-state index < -0.39 is 26.7 Å². The van der Waals surface area contributed by atoms with Crippen LogP contribution in [0.5, 0.6) is 0 Å². The molecule has 2 aromatic carbocycles. The van der Waals surface area contributed by atoms with Crippen molar-refractivity contribution in [1.82, 2.24) is 9.97 Å². The summed E-state index contributed by atoms with van der Waals surface area (Å²) in [7, 11) is -3.56. The molecular weight excluding hydrogens is 422 g/mol. The average Bonchev–Trinajstić information content (AvgIpc) is 2.64. The van der Waals surface area contributed by atoms with Gasteiger partial charge < -0.3 is 10.6 Å². The Morgan fingerprint density at radius 3 is 2.34 bits per heavy atom. The van der Waals surface area contributed by atoms with Crippen LogP contribution in [0.1, 0.15) is 13.8 Å². The van der Waals surface area contributed by atoms with Gasteiger partial charge in [-0.2, -0.15) is 4.98 Å². The van der Waals surface area contributed by atoms with Gasteiger partial charge in [0.05, 0.1) is 22.0 Å². The number of nitrogens with one attached hydrogen (secondary N) is 2. The van der Waals surface area contributed by atoms with Crippen molar-refractivity contribution in [2.45, 2.75) is 24.0 Å². The van der Waals surface area contributed by atoms with Crippen LogP contribution in [-0.4, -0.2) is 23.6 Å². The number of rotatable bonds is 6. The highest BCUT2D eigenvalue weighted by Gasteiger charge is 2.23. The lowest BCUT2D eigenvalue weighted by molar-refractivity contribution is 0.584. The number of para-hydroxylation sites is 1. The zero-order valence-electron chi connectivity index (χ0n) is 15.4. The highest BCUT2D eigenvalue weighted by molar-refractivity contribution is 7.92. The van der Waals surface area contributed by atoms with E-state index in [1.165, 1.54) is 12.3 Å². The molecule has 2 N–H and O–H groups in total. The van der Waals surface area contributed by atoms with Crippen LogP contribution in [0.25, 0.3) is 0 Å². The van der Waals surface area contributed by atoms with Crippen LogP contribution in [-0.2, 0) is 9.84 Å². The lowest BCUT2D eigenvalue weighted by atomic mass is 10.3. The fraction of sp³-hybridized carbons (Fsp3) is 0.158. The number of benzene rings is 2.